The average Bonchev–Trinajstić information content (AvgIpc) is 2.81. The second-order valence-electron chi connectivity index (χ2n) is 11.2. The molecule has 0 bridgehead atoms. The van der Waals surface area contributed by atoms with E-state index in [9.17, 15) is 29.4 Å². The van der Waals surface area contributed by atoms with Crippen molar-refractivity contribution in [3.05, 3.63) is 28.6 Å². The predicted molar refractivity (Wildman–Crippen MR) is 129 cm³/mol. The van der Waals surface area contributed by atoms with Gasteiger partial charge in [0.15, 0.2) is 23.0 Å². The number of hydrogen-bond donors (Lipinski definition) is 4. The van der Waals surface area contributed by atoms with Crippen LogP contribution in [0.15, 0.2) is 6.07 Å². The van der Waals surface area contributed by atoms with Crippen molar-refractivity contribution in [2.75, 3.05) is 20.6 Å². The molecule has 3 fully saturated rings. The number of carbonyl (C=O) groups excluding carboxylic acids is 4. The second-order valence-corrected chi connectivity index (χ2v) is 11.2. The Kier molecular flexibility index (Phi) is 5.89. The van der Waals surface area contributed by atoms with E-state index in [1.807, 2.05) is 6.92 Å². The van der Waals surface area contributed by atoms with Crippen LogP contribution in [0, 0.1) is 34.9 Å². The van der Waals surface area contributed by atoms with Gasteiger partial charge in [0.1, 0.15) is 17.5 Å². The molecule has 1 aromatic rings. The number of fused-ring (bicyclic) bond motifs is 3. The van der Waals surface area contributed by atoms with Gasteiger partial charge in [0.25, 0.3) is 0 Å². The van der Waals surface area contributed by atoms with Crippen LogP contribution in [0.3, 0.4) is 0 Å². The van der Waals surface area contributed by atoms with E-state index in [0.29, 0.717) is 0 Å². The molecule has 2 saturated carbocycles. The number of aliphatic hydroxyl groups is 1. The molecule has 1 amide bonds. The molecule has 198 valence electrons. The van der Waals surface area contributed by atoms with Crippen molar-refractivity contribution in [1.29, 1.82) is 5.41 Å². The third-order valence-electron chi connectivity index (χ3n) is 8.96. The maximum Gasteiger partial charge on any atom is 0.233 e. The second kappa shape index (κ2) is 8.50. The summed E-state index contributed by atoms with van der Waals surface area (Å²) in [6.45, 7) is 3.10. The van der Waals surface area contributed by atoms with Gasteiger partial charge in [0.2, 0.25) is 5.91 Å². The van der Waals surface area contributed by atoms with Gasteiger partial charge >= 0.3 is 0 Å². The number of primary amides is 1. The van der Waals surface area contributed by atoms with E-state index in [1.54, 1.807) is 14.1 Å². The highest BCUT2D eigenvalue weighted by atomic mass is 19.1. The fraction of sp³-hybridized carbons (Fsp3) is 0.577. The van der Waals surface area contributed by atoms with Crippen molar-refractivity contribution in [1.82, 2.24) is 9.80 Å². The number of benzene rings is 1. The number of hydrogen-bond acceptors (Lipinski definition) is 9. The number of ketones is 3. The highest BCUT2D eigenvalue weighted by molar-refractivity contribution is 6.33. The smallest absolute Gasteiger partial charge is 0.233 e. The molecule has 4 aliphatic rings. The van der Waals surface area contributed by atoms with Crippen LogP contribution in [0.25, 0.3) is 0 Å². The van der Waals surface area contributed by atoms with Gasteiger partial charge in [-0.3, -0.25) is 29.0 Å². The van der Waals surface area contributed by atoms with E-state index in [1.165, 1.54) is 11.0 Å². The van der Waals surface area contributed by atoms with E-state index >= 15 is 4.39 Å². The van der Waals surface area contributed by atoms with Crippen LogP contribution in [0.2, 0.25) is 0 Å². The Morgan fingerprint density at radius 2 is 2.00 bits per heavy atom. The Morgan fingerprint density at radius 1 is 1.32 bits per heavy atom. The number of phenols is 1. The number of rotatable bonds is 4. The molecular weight excluding hydrogens is 483 g/mol. The SMILES string of the molecule is CC1CCN1Cc1cc(O)c2c(c1F)CC1CC3C(N(C)C)C(=O)C(C(N)=O)C(=N)C3(O)C(=O)C1C2=O. The molecule has 1 aliphatic heterocycles. The number of halogens is 1. The Hall–Kier alpha value is -3.02. The Morgan fingerprint density at radius 3 is 2.54 bits per heavy atom. The molecule has 0 radical (unpaired) electrons. The number of nitrogens with two attached hydrogens (primary N) is 1. The summed E-state index contributed by atoms with van der Waals surface area (Å²) in [6.07, 6.45) is 0.909. The summed E-state index contributed by atoms with van der Waals surface area (Å²) in [5.74, 6) is -9.86. The van der Waals surface area contributed by atoms with E-state index in [0.717, 1.165) is 13.0 Å². The first kappa shape index (κ1) is 25.6. The molecule has 0 spiro atoms. The monoisotopic (exact) mass is 514 g/mol. The van der Waals surface area contributed by atoms with Gasteiger partial charge in [-0.2, -0.15) is 0 Å². The van der Waals surface area contributed by atoms with Gasteiger partial charge in [-0.05, 0) is 52.3 Å². The molecular formula is C26H31FN4O6. The van der Waals surface area contributed by atoms with Gasteiger partial charge < -0.3 is 21.4 Å². The van der Waals surface area contributed by atoms with Crippen LogP contribution in [0.5, 0.6) is 5.75 Å². The zero-order valence-electron chi connectivity index (χ0n) is 21.0. The number of nitrogens with zero attached hydrogens (tertiary/aromatic N) is 2. The molecule has 5 rings (SSSR count). The fourth-order valence-electron chi connectivity index (χ4n) is 6.90. The molecule has 7 atom stereocenters. The number of aromatic hydroxyl groups is 1. The first-order valence-electron chi connectivity index (χ1n) is 12.5. The van der Waals surface area contributed by atoms with Gasteiger partial charge in [0.05, 0.1) is 23.2 Å². The summed E-state index contributed by atoms with van der Waals surface area (Å²) in [4.78, 5) is 56.2. The third kappa shape index (κ3) is 3.44. The zero-order chi connectivity index (χ0) is 27.1. The van der Waals surface area contributed by atoms with Crippen molar-refractivity contribution >= 4 is 29.0 Å². The Labute approximate surface area is 213 Å². The summed E-state index contributed by atoms with van der Waals surface area (Å²) in [5.41, 5.74) is 1.98. The number of nitrogens with one attached hydrogen (secondary N) is 1. The summed E-state index contributed by atoms with van der Waals surface area (Å²) in [7, 11) is 3.10. The largest absolute Gasteiger partial charge is 0.507 e. The van der Waals surface area contributed by atoms with Gasteiger partial charge in [-0.25, -0.2) is 4.39 Å². The first-order chi connectivity index (χ1) is 17.3. The lowest BCUT2D eigenvalue weighted by Crippen LogP contribution is -2.73. The maximum absolute atomic E-state index is 15.7. The molecule has 1 saturated heterocycles. The summed E-state index contributed by atoms with van der Waals surface area (Å²) < 4.78 is 15.7. The van der Waals surface area contributed by atoms with Gasteiger partial charge in [-0.15, -0.1) is 0 Å². The number of Topliss-reactive ketones (excluding diaryl/α,β-unsaturated/α-hetero) is 3. The first-order valence-corrected chi connectivity index (χ1v) is 12.5. The van der Waals surface area contributed by atoms with E-state index < -0.39 is 75.8 Å². The Bertz CT molecular complexity index is 1260. The number of likely N-dealkylation sites (tertiary alicyclic amines) is 1. The maximum atomic E-state index is 15.7. The normalized spacial score (nSPS) is 35.6. The van der Waals surface area contributed by atoms with Gasteiger partial charge in [0, 0.05) is 36.2 Å². The third-order valence-corrected chi connectivity index (χ3v) is 8.96. The molecule has 0 aromatic heterocycles. The summed E-state index contributed by atoms with van der Waals surface area (Å²) in [6, 6.07) is 0.383. The van der Waals surface area contributed by atoms with E-state index in [2.05, 4.69) is 4.90 Å². The van der Waals surface area contributed by atoms with Gasteiger partial charge in [-0.1, -0.05) is 0 Å². The minimum Gasteiger partial charge on any atom is -0.507 e. The molecule has 7 unspecified atom stereocenters. The van der Waals surface area contributed by atoms with Crippen LogP contribution >= 0.6 is 0 Å². The summed E-state index contributed by atoms with van der Waals surface area (Å²) in [5, 5.41) is 30.9. The Balaban J connectivity index is 1.59. The standard InChI is InChI=1S/C26H31FN4O6/c1-10-4-5-31(10)9-12-8-15(32)17-13(19(12)27)6-11-7-14-20(30(2)3)22(34)18(25(29)36)23(28)26(14,37)24(35)16(11)21(17)33/h8,10-11,14,16,18,20,28,32,37H,4-7,9H2,1-3H3,(H2,29,36). The predicted octanol–water partition coefficient (Wildman–Crippen LogP) is 0.0510. The lowest BCUT2D eigenvalue weighted by atomic mass is 9.52. The van der Waals surface area contributed by atoms with Crippen LogP contribution in [-0.2, 0) is 27.3 Å². The van der Waals surface area contributed by atoms with E-state index in [4.69, 9.17) is 11.1 Å². The van der Waals surface area contributed by atoms with Crippen molar-refractivity contribution in [3.8, 4) is 5.75 Å². The zero-order valence-corrected chi connectivity index (χ0v) is 21.0. The number of likely N-dealkylation sites (N-methyl/N-ethyl adjacent to an activating group) is 1. The molecule has 3 aliphatic carbocycles. The minimum atomic E-state index is -2.57. The summed E-state index contributed by atoms with van der Waals surface area (Å²) >= 11 is 0. The number of carbonyl (C=O) groups is 4. The van der Waals surface area contributed by atoms with E-state index in [-0.39, 0.29) is 42.1 Å². The van der Waals surface area contributed by atoms with Crippen LogP contribution in [-0.4, -0.2) is 87.3 Å². The molecule has 1 heterocycles. The van der Waals surface area contributed by atoms with Crippen LogP contribution < -0.4 is 5.73 Å². The lowest BCUT2D eigenvalue weighted by molar-refractivity contribution is -0.157. The average molecular weight is 515 g/mol. The van der Waals surface area contributed by atoms with Crippen molar-refractivity contribution in [3.63, 3.8) is 0 Å². The highest BCUT2D eigenvalue weighted by Crippen LogP contribution is 2.51. The molecule has 11 heteroatoms. The topological polar surface area (TPSA) is 165 Å². The van der Waals surface area contributed by atoms with Crippen LogP contribution in [0.4, 0.5) is 4.39 Å². The molecule has 5 N–H and O–H groups in total. The number of amides is 1. The number of phenolic OH excluding ortho intramolecular Hbond substituents is 1. The van der Waals surface area contributed by atoms with Crippen molar-refractivity contribution < 1.29 is 33.8 Å². The fourth-order valence-corrected chi connectivity index (χ4v) is 6.90. The molecule has 1 aromatic carbocycles. The minimum absolute atomic E-state index is 0.0290. The molecule has 10 nitrogen and oxygen atoms in total. The lowest BCUT2D eigenvalue weighted by Gasteiger charge is -2.53. The van der Waals surface area contributed by atoms with Crippen LogP contribution in [0.1, 0.15) is 41.3 Å². The quantitative estimate of drug-likeness (QED) is 0.409. The molecule has 37 heavy (non-hydrogen) atoms. The van der Waals surface area contributed by atoms with Crippen molar-refractivity contribution in [2.45, 2.75) is 50.4 Å². The highest BCUT2D eigenvalue weighted by Gasteiger charge is 2.67. The van der Waals surface area contributed by atoms with Crippen molar-refractivity contribution in [2.24, 2.45) is 29.4 Å².